The zero-order valence-corrected chi connectivity index (χ0v) is 10.2. The molecule has 1 heterocycles. The lowest BCUT2D eigenvalue weighted by Gasteiger charge is -2.15. The number of amides is 1. The number of nitro groups is 1. The Kier molecular flexibility index (Phi) is 4.57. The smallest absolute Gasteiger partial charge is 0.319 e. The molecule has 0 aliphatic rings. The molecule has 0 saturated carbocycles. The number of nitrogens with zero attached hydrogens (tertiary/aromatic N) is 4. The summed E-state index contributed by atoms with van der Waals surface area (Å²) in [5, 5.41) is 18.9. The highest BCUT2D eigenvalue weighted by Gasteiger charge is 2.26. The minimum absolute atomic E-state index is 0.138. The summed E-state index contributed by atoms with van der Waals surface area (Å²) in [7, 11) is 1.46. The summed E-state index contributed by atoms with van der Waals surface area (Å²) in [5.41, 5.74) is -0.659. The van der Waals surface area contributed by atoms with E-state index in [9.17, 15) is 14.9 Å². The van der Waals surface area contributed by atoms with Gasteiger partial charge >= 0.3 is 5.69 Å². The summed E-state index contributed by atoms with van der Waals surface area (Å²) < 4.78 is 0. The Morgan fingerprint density at radius 3 is 2.94 bits per heavy atom. The van der Waals surface area contributed by atoms with Gasteiger partial charge < -0.3 is 4.90 Å². The van der Waals surface area contributed by atoms with Crippen molar-refractivity contribution in [3.8, 4) is 6.07 Å². The lowest BCUT2D eigenvalue weighted by atomic mass is 10.2. The molecule has 0 unspecified atom stereocenters. The van der Waals surface area contributed by atoms with Crippen molar-refractivity contribution in [1.29, 1.82) is 5.26 Å². The van der Waals surface area contributed by atoms with Crippen LogP contribution in [0.4, 0.5) is 5.69 Å². The van der Waals surface area contributed by atoms with E-state index >= 15 is 0 Å². The predicted molar refractivity (Wildman–Crippen MR) is 63.1 cm³/mol. The van der Waals surface area contributed by atoms with Crippen LogP contribution in [0, 0.1) is 21.4 Å². The maximum Gasteiger partial charge on any atom is 0.319 e. The van der Waals surface area contributed by atoms with Gasteiger partial charge in [-0.3, -0.25) is 14.9 Å². The quantitative estimate of drug-likeness (QED) is 0.469. The highest BCUT2D eigenvalue weighted by atomic mass is 35.5. The molecule has 1 amide bonds. The Bertz CT molecular complexity index is 526. The molecule has 8 heteroatoms. The number of carbonyl (C=O) groups is 1. The molecule has 1 rings (SSSR count). The van der Waals surface area contributed by atoms with E-state index < -0.39 is 16.5 Å². The third-order valence-electron chi connectivity index (χ3n) is 2.20. The van der Waals surface area contributed by atoms with E-state index in [2.05, 4.69) is 4.98 Å². The van der Waals surface area contributed by atoms with E-state index in [1.165, 1.54) is 24.2 Å². The van der Waals surface area contributed by atoms with Crippen molar-refractivity contribution in [3.63, 3.8) is 0 Å². The van der Waals surface area contributed by atoms with E-state index in [-0.39, 0.29) is 23.7 Å². The van der Waals surface area contributed by atoms with Gasteiger partial charge in [-0.2, -0.15) is 5.26 Å². The number of nitriles is 1. The van der Waals surface area contributed by atoms with Crippen molar-refractivity contribution in [2.45, 2.75) is 6.42 Å². The summed E-state index contributed by atoms with van der Waals surface area (Å²) in [4.78, 5) is 26.8. The molecule has 0 radical (unpaired) electrons. The SMILES string of the molecule is CN(CCC#N)C(=O)c1ccnc(Cl)c1[N+](=O)[O-]. The fourth-order valence-electron chi connectivity index (χ4n) is 1.30. The first-order valence-electron chi connectivity index (χ1n) is 4.90. The Morgan fingerprint density at radius 2 is 2.39 bits per heavy atom. The first-order chi connectivity index (χ1) is 8.49. The van der Waals surface area contributed by atoms with Gasteiger partial charge in [-0.05, 0) is 6.07 Å². The van der Waals surface area contributed by atoms with Gasteiger partial charge in [0, 0.05) is 19.8 Å². The number of halogens is 1. The number of rotatable bonds is 4. The van der Waals surface area contributed by atoms with Gasteiger partial charge in [0.25, 0.3) is 5.91 Å². The second kappa shape index (κ2) is 5.93. The average Bonchev–Trinajstić information content (AvgIpc) is 2.34. The van der Waals surface area contributed by atoms with Crippen molar-refractivity contribution in [1.82, 2.24) is 9.88 Å². The highest BCUT2D eigenvalue weighted by molar-refractivity contribution is 6.32. The Morgan fingerprint density at radius 1 is 1.72 bits per heavy atom. The van der Waals surface area contributed by atoms with Crippen LogP contribution in [0.15, 0.2) is 12.3 Å². The molecule has 0 bridgehead atoms. The topological polar surface area (TPSA) is 100 Å². The normalized spacial score (nSPS) is 9.61. The maximum atomic E-state index is 12.0. The molecule has 1 aromatic heterocycles. The molecule has 7 nitrogen and oxygen atoms in total. The molecule has 0 spiro atoms. The van der Waals surface area contributed by atoms with E-state index in [0.717, 1.165) is 0 Å². The molecule has 18 heavy (non-hydrogen) atoms. The van der Waals surface area contributed by atoms with Crippen LogP contribution in [0.3, 0.4) is 0 Å². The molecule has 94 valence electrons. The zero-order chi connectivity index (χ0) is 13.7. The van der Waals surface area contributed by atoms with Gasteiger partial charge in [0.05, 0.1) is 17.4 Å². The van der Waals surface area contributed by atoms with E-state index in [4.69, 9.17) is 16.9 Å². The first-order valence-corrected chi connectivity index (χ1v) is 5.28. The summed E-state index contributed by atoms with van der Waals surface area (Å²) >= 11 is 5.60. The second-order valence-corrected chi connectivity index (χ2v) is 3.75. The summed E-state index contributed by atoms with van der Waals surface area (Å²) in [6.45, 7) is 0.187. The minimum atomic E-state index is -0.749. The number of hydrogen-bond acceptors (Lipinski definition) is 5. The third kappa shape index (κ3) is 2.93. The number of aromatic nitrogens is 1. The standard InChI is InChI=1S/C10H9ClN4O3/c1-14(6-2-4-12)10(16)7-3-5-13-9(11)8(7)15(17)18/h3,5H,2,6H2,1H3. The molecule has 0 aromatic carbocycles. The average molecular weight is 269 g/mol. The largest absolute Gasteiger partial charge is 0.340 e. The van der Waals surface area contributed by atoms with Crippen LogP contribution in [-0.2, 0) is 0 Å². The van der Waals surface area contributed by atoms with Crippen LogP contribution in [0.2, 0.25) is 5.15 Å². The van der Waals surface area contributed by atoms with Crippen molar-refractivity contribution in [2.75, 3.05) is 13.6 Å². The molecule has 0 atom stereocenters. The van der Waals surface area contributed by atoms with Crippen LogP contribution in [0.1, 0.15) is 16.8 Å². The number of carbonyl (C=O) groups excluding carboxylic acids is 1. The molecule has 1 aromatic rings. The Hall–Kier alpha value is -2.20. The fourth-order valence-corrected chi connectivity index (χ4v) is 1.53. The van der Waals surface area contributed by atoms with Crippen LogP contribution in [-0.4, -0.2) is 34.3 Å². The third-order valence-corrected chi connectivity index (χ3v) is 2.47. The zero-order valence-electron chi connectivity index (χ0n) is 9.46. The molecule has 0 aliphatic carbocycles. The second-order valence-electron chi connectivity index (χ2n) is 3.39. The summed E-state index contributed by atoms with van der Waals surface area (Å²) in [5.74, 6) is -0.568. The minimum Gasteiger partial charge on any atom is -0.340 e. The lowest BCUT2D eigenvalue weighted by molar-refractivity contribution is -0.385. The van der Waals surface area contributed by atoms with Crippen molar-refractivity contribution in [2.24, 2.45) is 0 Å². The fraction of sp³-hybridized carbons (Fsp3) is 0.300. The molecular formula is C10H9ClN4O3. The summed E-state index contributed by atoms with van der Waals surface area (Å²) in [6, 6.07) is 3.12. The summed E-state index contributed by atoms with van der Waals surface area (Å²) in [6.07, 6.45) is 1.37. The first kappa shape index (κ1) is 13.9. The van der Waals surface area contributed by atoms with Crippen LogP contribution in [0.25, 0.3) is 0 Å². The Balaban J connectivity index is 3.10. The van der Waals surface area contributed by atoms with Gasteiger partial charge in [0.15, 0.2) is 0 Å². The molecular weight excluding hydrogens is 260 g/mol. The number of pyridine rings is 1. The van der Waals surface area contributed by atoms with Gasteiger partial charge in [0.1, 0.15) is 5.56 Å². The van der Waals surface area contributed by atoms with Gasteiger partial charge in [0.2, 0.25) is 5.15 Å². The predicted octanol–water partition coefficient (Wildman–Crippen LogP) is 1.63. The van der Waals surface area contributed by atoms with E-state index in [1.54, 1.807) is 0 Å². The van der Waals surface area contributed by atoms with Crippen LogP contribution < -0.4 is 0 Å². The molecule has 0 fully saturated rings. The van der Waals surface area contributed by atoms with Gasteiger partial charge in [-0.15, -0.1) is 0 Å². The lowest BCUT2D eigenvalue weighted by Crippen LogP contribution is -2.28. The maximum absolute atomic E-state index is 12.0. The molecule has 0 saturated heterocycles. The van der Waals surface area contributed by atoms with Crippen molar-refractivity contribution < 1.29 is 9.72 Å². The van der Waals surface area contributed by atoms with Gasteiger partial charge in [-0.25, -0.2) is 4.98 Å². The highest BCUT2D eigenvalue weighted by Crippen LogP contribution is 2.26. The number of hydrogen-bond donors (Lipinski definition) is 0. The molecule has 0 N–H and O–H groups in total. The monoisotopic (exact) mass is 268 g/mol. The van der Waals surface area contributed by atoms with Crippen molar-refractivity contribution in [3.05, 3.63) is 33.1 Å². The van der Waals surface area contributed by atoms with Gasteiger partial charge in [-0.1, -0.05) is 11.6 Å². The van der Waals surface area contributed by atoms with E-state index in [0.29, 0.717) is 0 Å². The molecule has 0 aliphatic heterocycles. The van der Waals surface area contributed by atoms with E-state index in [1.807, 2.05) is 6.07 Å². The van der Waals surface area contributed by atoms with Crippen LogP contribution >= 0.6 is 11.6 Å². The van der Waals surface area contributed by atoms with Crippen LogP contribution in [0.5, 0.6) is 0 Å². The van der Waals surface area contributed by atoms with Crippen molar-refractivity contribution >= 4 is 23.2 Å². The Labute approximate surface area is 108 Å².